The van der Waals surface area contributed by atoms with Gasteiger partial charge in [0.25, 0.3) is 0 Å². The minimum absolute atomic E-state index is 0.498. The minimum atomic E-state index is -5.95. The van der Waals surface area contributed by atoms with Crippen molar-refractivity contribution < 1.29 is 43.2 Å². The fourth-order valence-corrected chi connectivity index (χ4v) is 11.3. The molecule has 0 N–H and O–H groups in total. The fourth-order valence-electron chi connectivity index (χ4n) is 6.16. The van der Waals surface area contributed by atoms with Crippen LogP contribution >= 0.6 is 0 Å². The number of benzene rings is 2. The zero-order valence-corrected chi connectivity index (χ0v) is 19.5. The first kappa shape index (κ1) is 22.8. The summed E-state index contributed by atoms with van der Waals surface area (Å²) < 4.78 is 141. The number of halogens is 6. The van der Waals surface area contributed by atoms with Crippen LogP contribution in [-0.2, 0) is 19.7 Å². The third kappa shape index (κ3) is 1.87. The lowest BCUT2D eigenvalue weighted by atomic mass is 9.68. The van der Waals surface area contributed by atoms with Gasteiger partial charge >= 0.3 is 17.8 Å². The third-order valence-electron chi connectivity index (χ3n) is 8.00. The van der Waals surface area contributed by atoms with Gasteiger partial charge in [-0.05, 0) is 48.3 Å². The molecule has 4 nitrogen and oxygen atoms in total. The van der Waals surface area contributed by atoms with E-state index in [0.29, 0.717) is 0 Å². The molecule has 0 unspecified atom stereocenters. The standard InChI is InChI=1S/C23H14F6O4S2/c1-19-15(11-7-3-5-9-13(11)34(19,30)31)17-18(22(26,27)23(28,29)21(17,24)25)16-12-8-4-6-10-14(12)35(32,33)20(16,19)2/h3-10H,1-2H3/t19-,20-/m0/s1. The van der Waals surface area contributed by atoms with Crippen molar-refractivity contribution in [2.24, 2.45) is 0 Å². The monoisotopic (exact) mass is 532 g/mol. The lowest BCUT2D eigenvalue weighted by Gasteiger charge is -2.45. The van der Waals surface area contributed by atoms with Gasteiger partial charge in [-0.3, -0.25) is 0 Å². The van der Waals surface area contributed by atoms with E-state index in [1.165, 1.54) is 24.3 Å². The Balaban J connectivity index is 1.99. The smallest absolute Gasteiger partial charge is 0.223 e. The number of sulfone groups is 2. The highest BCUT2D eigenvalue weighted by Gasteiger charge is 2.87. The van der Waals surface area contributed by atoms with Crippen LogP contribution in [0.2, 0.25) is 0 Å². The molecule has 184 valence electrons. The number of allylic oxidation sites excluding steroid dienone is 2. The molecule has 0 bridgehead atoms. The highest BCUT2D eigenvalue weighted by Crippen LogP contribution is 2.75. The van der Waals surface area contributed by atoms with Gasteiger partial charge in [0, 0.05) is 11.1 Å². The largest absolute Gasteiger partial charge is 0.380 e. The zero-order valence-electron chi connectivity index (χ0n) is 17.8. The van der Waals surface area contributed by atoms with Crippen LogP contribution in [0.15, 0.2) is 69.5 Å². The Bertz CT molecular complexity index is 1560. The SMILES string of the molecule is C[C@]12C(=C3C(=C4c5ccccc5S(=O)(=O)[C@@]41C)C(F)(F)C(F)(F)C3(F)F)c1ccccc1S2(=O)=O. The Hall–Kier alpha value is -2.60. The number of alkyl halides is 6. The van der Waals surface area contributed by atoms with E-state index in [-0.39, 0.29) is 0 Å². The van der Waals surface area contributed by atoms with Crippen LogP contribution in [0.3, 0.4) is 0 Å². The van der Waals surface area contributed by atoms with Crippen LogP contribution in [0.4, 0.5) is 26.3 Å². The Morgan fingerprint density at radius 1 is 0.543 bits per heavy atom. The van der Waals surface area contributed by atoms with Crippen LogP contribution in [0, 0.1) is 0 Å². The predicted molar refractivity (Wildman–Crippen MR) is 113 cm³/mol. The van der Waals surface area contributed by atoms with Gasteiger partial charge in [0.2, 0.25) is 0 Å². The molecule has 0 amide bonds. The molecule has 35 heavy (non-hydrogen) atoms. The molecular formula is C23H14F6O4S2. The maximum absolute atomic E-state index is 15.4. The molecule has 4 aliphatic rings. The molecule has 1 saturated carbocycles. The van der Waals surface area contributed by atoms with Gasteiger partial charge in [-0.15, -0.1) is 0 Å². The van der Waals surface area contributed by atoms with Crippen LogP contribution in [-0.4, -0.2) is 44.1 Å². The van der Waals surface area contributed by atoms with E-state index in [1.807, 2.05) is 0 Å². The highest BCUT2D eigenvalue weighted by molar-refractivity contribution is 7.98. The molecule has 2 aliphatic heterocycles. The summed E-state index contributed by atoms with van der Waals surface area (Å²) in [5.41, 5.74) is -6.73. The van der Waals surface area contributed by atoms with E-state index in [0.717, 1.165) is 38.1 Å². The van der Waals surface area contributed by atoms with Crippen molar-refractivity contribution in [1.29, 1.82) is 0 Å². The zero-order chi connectivity index (χ0) is 25.8. The van der Waals surface area contributed by atoms with Gasteiger partial charge in [-0.25, -0.2) is 16.8 Å². The first-order valence-electron chi connectivity index (χ1n) is 10.3. The molecule has 0 radical (unpaired) electrons. The van der Waals surface area contributed by atoms with E-state index in [9.17, 15) is 25.6 Å². The van der Waals surface area contributed by atoms with Gasteiger partial charge in [-0.1, -0.05) is 36.4 Å². The summed E-state index contributed by atoms with van der Waals surface area (Å²) in [7, 11) is -9.73. The number of fused-ring (bicyclic) bond motifs is 8. The molecular weight excluding hydrogens is 518 g/mol. The van der Waals surface area contributed by atoms with E-state index >= 15 is 17.6 Å². The fraction of sp³-hybridized carbons (Fsp3) is 0.304. The second-order valence-electron chi connectivity index (χ2n) is 9.29. The van der Waals surface area contributed by atoms with E-state index < -0.39 is 90.1 Å². The van der Waals surface area contributed by atoms with Crippen molar-refractivity contribution in [2.75, 3.05) is 0 Å². The maximum atomic E-state index is 15.4. The maximum Gasteiger partial charge on any atom is 0.380 e. The number of hydrogen-bond acceptors (Lipinski definition) is 4. The van der Waals surface area contributed by atoms with Crippen LogP contribution < -0.4 is 0 Å². The predicted octanol–water partition coefficient (Wildman–Crippen LogP) is 4.92. The summed E-state index contributed by atoms with van der Waals surface area (Å²) in [6.45, 7) is 1.69. The quantitative estimate of drug-likeness (QED) is 0.452. The highest BCUT2D eigenvalue weighted by atomic mass is 32.2. The molecule has 0 saturated heterocycles. The van der Waals surface area contributed by atoms with Crippen molar-refractivity contribution in [3.05, 3.63) is 70.8 Å². The molecule has 1 fully saturated rings. The van der Waals surface area contributed by atoms with Crippen molar-refractivity contribution >= 4 is 30.8 Å². The second kappa shape index (κ2) is 5.69. The minimum Gasteiger partial charge on any atom is -0.223 e. The van der Waals surface area contributed by atoms with Gasteiger partial charge in [0.1, 0.15) is 9.49 Å². The normalized spacial score (nSPS) is 33.6. The molecule has 2 atom stereocenters. The summed E-state index contributed by atoms with van der Waals surface area (Å²) >= 11 is 0. The van der Waals surface area contributed by atoms with Crippen LogP contribution in [0.1, 0.15) is 25.0 Å². The van der Waals surface area contributed by atoms with Crippen molar-refractivity contribution in [3.8, 4) is 0 Å². The van der Waals surface area contributed by atoms with Crippen molar-refractivity contribution in [3.63, 3.8) is 0 Å². The first-order chi connectivity index (χ1) is 15.9. The Morgan fingerprint density at radius 2 is 0.857 bits per heavy atom. The molecule has 6 rings (SSSR count). The van der Waals surface area contributed by atoms with Crippen LogP contribution in [0.5, 0.6) is 0 Å². The van der Waals surface area contributed by atoms with E-state index in [1.54, 1.807) is 0 Å². The second-order valence-corrected chi connectivity index (χ2v) is 13.8. The lowest BCUT2D eigenvalue weighted by molar-refractivity contribution is -0.257. The molecule has 2 aromatic rings. The summed E-state index contributed by atoms with van der Waals surface area (Å²) in [6.07, 6.45) is 0. The lowest BCUT2D eigenvalue weighted by Crippen LogP contribution is -2.59. The molecule has 12 heteroatoms. The summed E-state index contributed by atoms with van der Waals surface area (Å²) in [5, 5.41) is 0. The summed E-state index contributed by atoms with van der Waals surface area (Å²) in [4.78, 5) is -1.18. The van der Waals surface area contributed by atoms with Gasteiger partial charge in [0.05, 0.1) is 9.79 Å². The third-order valence-corrected chi connectivity index (χ3v) is 13.4. The van der Waals surface area contributed by atoms with E-state index in [2.05, 4.69) is 0 Å². The molecule has 2 aliphatic carbocycles. The Kier molecular flexibility index (Phi) is 3.71. The molecule has 2 aromatic carbocycles. The van der Waals surface area contributed by atoms with E-state index in [4.69, 9.17) is 0 Å². The molecule has 0 aromatic heterocycles. The number of hydrogen-bond donors (Lipinski definition) is 0. The molecule has 2 heterocycles. The van der Waals surface area contributed by atoms with Gasteiger partial charge in [-0.2, -0.15) is 26.3 Å². The molecule has 0 spiro atoms. The Labute approximate surface area is 195 Å². The first-order valence-corrected chi connectivity index (χ1v) is 13.2. The number of rotatable bonds is 0. The van der Waals surface area contributed by atoms with Crippen molar-refractivity contribution in [1.82, 2.24) is 0 Å². The topological polar surface area (TPSA) is 68.3 Å². The summed E-state index contributed by atoms with van der Waals surface area (Å²) in [5.74, 6) is -16.9. The average Bonchev–Trinajstić information content (AvgIpc) is 3.12. The summed E-state index contributed by atoms with van der Waals surface area (Å²) in [6, 6.07) is 9.05. The van der Waals surface area contributed by atoms with Crippen LogP contribution in [0.25, 0.3) is 11.1 Å². The Morgan fingerprint density at radius 3 is 1.20 bits per heavy atom. The van der Waals surface area contributed by atoms with Gasteiger partial charge in [0.15, 0.2) is 19.7 Å². The van der Waals surface area contributed by atoms with Crippen molar-refractivity contribution in [2.45, 2.75) is 50.9 Å². The average molecular weight is 532 g/mol. The van der Waals surface area contributed by atoms with Gasteiger partial charge < -0.3 is 0 Å².